The Morgan fingerprint density at radius 1 is 1.07 bits per heavy atom. The van der Waals surface area contributed by atoms with Gasteiger partial charge in [-0.05, 0) is 70.7 Å². The zero-order valence-corrected chi connectivity index (χ0v) is 17.7. The maximum absolute atomic E-state index is 5.75. The van der Waals surface area contributed by atoms with Crippen LogP contribution in [0.25, 0.3) is 0 Å². The van der Waals surface area contributed by atoms with Crippen molar-refractivity contribution in [3.8, 4) is 11.5 Å². The molecule has 2 rings (SSSR count). The van der Waals surface area contributed by atoms with Gasteiger partial charge in [-0.1, -0.05) is 0 Å². The Hall–Kier alpha value is -1.99. The first-order chi connectivity index (χ1) is 13.7. The van der Waals surface area contributed by atoms with Crippen molar-refractivity contribution in [3.63, 3.8) is 0 Å². The van der Waals surface area contributed by atoms with Gasteiger partial charge in [0.1, 0.15) is 18.1 Å². The van der Waals surface area contributed by atoms with Crippen LogP contribution in [0.5, 0.6) is 11.5 Å². The summed E-state index contributed by atoms with van der Waals surface area (Å²) in [6.07, 6.45) is 2.35. The standard InChI is InChI=1S/C21H37N5O2/c1-4-22-21(23-11-5-14-26-15-6-13-25(2)16-17-26)24-12-18-28-20-9-7-19(27-3)8-10-20/h7-10H,4-6,11-18H2,1-3H3,(H2,22,23,24). The van der Waals surface area contributed by atoms with Gasteiger partial charge in [-0.25, -0.2) is 0 Å². The highest BCUT2D eigenvalue weighted by Crippen LogP contribution is 2.16. The second kappa shape index (κ2) is 13.2. The number of hydrogen-bond donors (Lipinski definition) is 2. The highest BCUT2D eigenvalue weighted by Gasteiger charge is 2.11. The Bertz CT molecular complexity index is 564. The van der Waals surface area contributed by atoms with E-state index in [2.05, 4.69) is 39.4 Å². The molecule has 0 atom stereocenters. The Labute approximate surface area is 170 Å². The zero-order chi connectivity index (χ0) is 20.0. The lowest BCUT2D eigenvalue weighted by Crippen LogP contribution is -2.39. The van der Waals surface area contributed by atoms with Gasteiger partial charge < -0.3 is 29.9 Å². The molecule has 1 aromatic rings. The van der Waals surface area contributed by atoms with E-state index in [0.717, 1.165) is 43.5 Å². The van der Waals surface area contributed by atoms with E-state index in [-0.39, 0.29) is 0 Å². The smallest absolute Gasteiger partial charge is 0.191 e. The molecular weight excluding hydrogens is 354 g/mol. The van der Waals surface area contributed by atoms with Crippen molar-refractivity contribution in [2.24, 2.45) is 4.99 Å². The maximum Gasteiger partial charge on any atom is 0.191 e. The van der Waals surface area contributed by atoms with E-state index in [4.69, 9.17) is 9.47 Å². The van der Waals surface area contributed by atoms with Crippen molar-refractivity contribution in [3.05, 3.63) is 24.3 Å². The van der Waals surface area contributed by atoms with Crippen LogP contribution in [0.15, 0.2) is 29.3 Å². The van der Waals surface area contributed by atoms with Crippen LogP contribution >= 0.6 is 0 Å². The van der Waals surface area contributed by atoms with Crippen molar-refractivity contribution in [2.45, 2.75) is 19.8 Å². The van der Waals surface area contributed by atoms with Gasteiger partial charge in [0.15, 0.2) is 5.96 Å². The number of methoxy groups -OCH3 is 1. The number of ether oxygens (including phenoxy) is 2. The van der Waals surface area contributed by atoms with Crippen molar-refractivity contribution in [1.82, 2.24) is 20.4 Å². The molecular formula is C21H37N5O2. The first-order valence-corrected chi connectivity index (χ1v) is 10.4. The molecule has 2 N–H and O–H groups in total. The van der Waals surface area contributed by atoms with E-state index in [1.807, 2.05) is 24.3 Å². The molecule has 0 aliphatic carbocycles. The molecule has 0 bridgehead atoms. The lowest BCUT2D eigenvalue weighted by Gasteiger charge is -2.19. The third kappa shape index (κ3) is 8.80. The summed E-state index contributed by atoms with van der Waals surface area (Å²) in [5, 5.41) is 6.63. The predicted molar refractivity (Wildman–Crippen MR) is 116 cm³/mol. The normalized spacial score (nSPS) is 16.5. The Kier molecular flexibility index (Phi) is 10.5. The van der Waals surface area contributed by atoms with Crippen LogP contribution in [-0.4, -0.2) is 88.9 Å². The van der Waals surface area contributed by atoms with Crippen LogP contribution in [-0.2, 0) is 0 Å². The summed E-state index contributed by atoms with van der Waals surface area (Å²) in [5.41, 5.74) is 0. The minimum Gasteiger partial charge on any atom is -0.497 e. The summed E-state index contributed by atoms with van der Waals surface area (Å²) in [7, 11) is 3.87. The van der Waals surface area contributed by atoms with Crippen LogP contribution in [0, 0.1) is 0 Å². The number of hydrogen-bond acceptors (Lipinski definition) is 5. The second-order valence-electron chi connectivity index (χ2n) is 7.06. The van der Waals surface area contributed by atoms with E-state index in [9.17, 15) is 0 Å². The number of benzene rings is 1. The van der Waals surface area contributed by atoms with Gasteiger partial charge in [0.05, 0.1) is 13.7 Å². The lowest BCUT2D eigenvalue weighted by molar-refractivity contribution is 0.275. The predicted octanol–water partition coefficient (Wildman–Crippen LogP) is 1.66. The number of aliphatic imine (C=N–C) groups is 1. The molecule has 28 heavy (non-hydrogen) atoms. The fraction of sp³-hybridized carbons (Fsp3) is 0.667. The van der Waals surface area contributed by atoms with E-state index in [1.165, 1.54) is 32.6 Å². The van der Waals surface area contributed by atoms with Gasteiger partial charge in [-0.3, -0.25) is 4.99 Å². The number of nitrogens with zero attached hydrogens (tertiary/aromatic N) is 3. The molecule has 0 radical (unpaired) electrons. The Morgan fingerprint density at radius 3 is 2.61 bits per heavy atom. The van der Waals surface area contributed by atoms with Crippen LogP contribution in [0.1, 0.15) is 19.8 Å². The van der Waals surface area contributed by atoms with Gasteiger partial charge in [-0.2, -0.15) is 0 Å². The zero-order valence-electron chi connectivity index (χ0n) is 17.7. The number of nitrogens with one attached hydrogen (secondary N) is 2. The molecule has 1 fully saturated rings. The van der Waals surface area contributed by atoms with E-state index in [0.29, 0.717) is 13.2 Å². The first kappa shape index (κ1) is 22.3. The summed E-state index contributed by atoms with van der Waals surface area (Å²) >= 11 is 0. The average molecular weight is 392 g/mol. The minimum absolute atomic E-state index is 0.581. The monoisotopic (exact) mass is 391 g/mol. The molecule has 7 heteroatoms. The molecule has 0 aromatic heterocycles. The maximum atomic E-state index is 5.75. The average Bonchev–Trinajstić information content (AvgIpc) is 2.93. The van der Waals surface area contributed by atoms with Crippen molar-refractivity contribution in [2.75, 3.05) is 73.1 Å². The third-order valence-electron chi connectivity index (χ3n) is 4.78. The molecule has 0 saturated carbocycles. The number of rotatable bonds is 10. The van der Waals surface area contributed by atoms with Crippen molar-refractivity contribution in [1.29, 1.82) is 0 Å². The van der Waals surface area contributed by atoms with Gasteiger partial charge in [0, 0.05) is 26.2 Å². The SMILES string of the molecule is CCNC(=NCCCN1CCCN(C)CC1)NCCOc1ccc(OC)cc1. The quantitative estimate of drug-likeness (QED) is 0.359. The van der Waals surface area contributed by atoms with Crippen LogP contribution < -0.4 is 20.1 Å². The van der Waals surface area contributed by atoms with Gasteiger partial charge >= 0.3 is 0 Å². The molecule has 7 nitrogen and oxygen atoms in total. The van der Waals surface area contributed by atoms with Crippen molar-refractivity contribution >= 4 is 5.96 Å². The molecule has 1 aliphatic heterocycles. The molecule has 0 spiro atoms. The first-order valence-electron chi connectivity index (χ1n) is 10.4. The molecule has 0 amide bonds. The number of likely N-dealkylation sites (N-methyl/N-ethyl adjacent to an activating group) is 1. The fourth-order valence-electron chi connectivity index (χ4n) is 3.16. The molecule has 1 heterocycles. The van der Waals surface area contributed by atoms with Crippen LogP contribution in [0.3, 0.4) is 0 Å². The molecule has 1 aliphatic rings. The Morgan fingerprint density at radius 2 is 1.86 bits per heavy atom. The van der Waals surface area contributed by atoms with E-state index < -0.39 is 0 Å². The number of guanidine groups is 1. The second-order valence-corrected chi connectivity index (χ2v) is 7.06. The minimum atomic E-state index is 0.581. The topological polar surface area (TPSA) is 61.4 Å². The summed E-state index contributed by atoms with van der Waals surface area (Å²) in [6.45, 7) is 10.9. The lowest BCUT2D eigenvalue weighted by atomic mass is 10.3. The van der Waals surface area contributed by atoms with Crippen LogP contribution in [0.2, 0.25) is 0 Å². The van der Waals surface area contributed by atoms with Gasteiger partial charge in [0.2, 0.25) is 0 Å². The molecule has 1 saturated heterocycles. The highest BCUT2D eigenvalue weighted by molar-refractivity contribution is 5.79. The van der Waals surface area contributed by atoms with Crippen LogP contribution in [0.4, 0.5) is 0 Å². The largest absolute Gasteiger partial charge is 0.497 e. The van der Waals surface area contributed by atoms with Crippen molar-refractivity contribution < 1.29 is 9.47 Å². The summed E-state index contributed by atoms with van der Waals surface area (Å²) < 4.78 is 10.9. The molecule has 158 valence electrons. The third-order valence-corrected chi connectivity index (χ3v) is 4.78. The van der Waals surface area contributed by atoms with Gasteiger partial charge in [-0.15, -0.1) is 0 Å². The summed E-state index contributed by atoms with van der Waals surface area (Å²) in [4.78, 5) is 9.66. The summed E-state index contributed by atoms with van der Waals surface area (Å²) in [5.74, 6) is 2.53. The summed E-state index contributed by atoms with van der Waals surface area (Å²) in [6, 6.07) is 7.63. The highest BCUT2D eigenvalue weighted by atomic mass is 16.5. The van der Waals surface area contributed by atoms with E-state index >= 15 is 0 Å². The molecule has 1 aromatic carbocycles. The molecule has 0 unspecified atom stereocenters. The van der Waals surface area contributed by atoms with Gasteiger partial charge in [0.25, 0.3) is 0 Å². The fourth-order valence-corrected chi connectivity index (χ4v) is 3.16. The van der Waals surface area contributed by atoms with E-state index in [1.54, 1.807) is 7.11 Å². The Balaban J connectivity index is 1.63.